The van der Waals surface area contributed by atoms with Gasteiger partial charge in [-0.3, -0.25) is 0 Å². The van der Waals surface area contributed by atoms with Crippen molar-refractivity contribution in [1.29, 1.82) is 0 Å². The average molecular weight is 244 g/mol. The molecular formula is C11H14FO3P. The molecule has 0 saturated heterocycles. The summed E-state index contributed by atoms with van der Waals surface area (Å²) >= 11 is 0. The van der Waals surface area contributed by atoms with E-state index in [0.29, 0.717) is 0 Å². The molecule has 5 heteroatoms. The van der Waals surface area contributed by atoms with E-state index in [4.69, 9.17) is 4.52 Å². The van der Waals surface area contributed by atoms with E-state index in [1.54, 1.807) is 25.1 Å². The molecule has 1 aromatic rings. The van der Waals surface area contributed by atoms with Crippen LogP contribution in [0.4, 0.5) is 4.20 Å². The van der Waals surface area contributed by atoms with Gasteiger partial charge in [0.15, 0.2) is 0 Å². The number of benzene rings is 1. The van der Waals surface area contributed by atoms with Crippen LogP contribution < -0.4 is 4.52 Å². The van der Waals surface area contributed by atoms with Crippen LogP contribution in [0.25, 0.3) is 0 Å². The molecule has 0 aromatic heterocycles. The SMILES string of the molecule is CC1=CCP(O)(F)(Oc2ccccc2O)C1. The van der Waals surface area contributed by atoms with Crippen LogP contribution in [0.2, 0.25) is 0 Å². The topological polar surface area (TPSA) is 49.7 Å². The van der Waals surface area contributed by atoms with Gasteiger partial charge in [-0.05, 0) is 0 Å². The van der Waals surface area contributed by atoms with Crippen LogP contribution in [0.5, 0.6) is 11.5 Å². The number of rotatable bonds is 2. The average Bonchev–Trinajstić information content (AvgIpc) is 2.46. The Labute approximate surface area is 93.4 Å². The van der Waals surface area contributed by atoms with Gasteiger partial charge in [-0.15, -0.1) is 0 Å². The van der Waals surface area contributed by atoms with Gasteiger partial charge >= 0.3 is 92.7 Å². The summed E-state index contributed by atoms with van der Waals surface area (Å²) in [5.41, 5.74) is 0.776. The number of phenols is 1. The molecule has 1 aliphatic heterocycles. The van der Waals surface area contributed by atoms with Crippen molar-refractivity contribution < 1.29 is 18.7 Å². The fourth-order valence-electron chi connectivity index (χ4n) is 1.77. The molecule has 0 spiro atoms. The van der Waals surface area contributed by atoms with Crippen LogP contribution in [0, 0.1) is 0 Å². The van der Waals surface area contributed by atoms with Crippen molar-refractivity contribution in [3.8, 4) is 11.5 Å². The zero-order valence-electron chi connectivity index (χ0n) is 8.93. The second-order valence-electron chi connectivity index (χ2n) is 4.18. The number of hydrogen-bond acceptors (Lipinski definition) is 3. The third kappa shape index (κ3) is 2.18. The third-order valence-corrected chi connectivity index (χ3v) is 5.13. The number of para-hydroxylation sites is 2. The van der Waals surface area contributed by atoms with Crippen molar-refractivity contribution in [3.63, 3.8) is 0 Å². The van der Waals surface area contributed by atoms with Gasteiger partial charge in [-0.1, -0.05) is 0 Å². The van der Waals surface area contributed by atoms with Gasteiger partial charge in [0, 0.05) is 0 Å². The van der Waals surface area contributed by atoms with Gasteiger partial charge in [0.1, 0.15) is 0 Å². The Bertz CT molecular complexity index is 456. The van der Waals surface area contributed by atoms with Gasteiger partial charge in [-0.25, -0.2) is 0 Å². The first kappa shape index (κ1) is 11.4. The molecule has 16 heavy (non-hydrogen) atoms. The molecule has 0 saturated carbocycles. The maximum atomic E-state index is 14.4. The van der Waals surface area contributed by atoms with E-state index in [1.807, 2.05) is 0 Å². The summed E-state index contributed by atoms with van der Waals surface area (Å²) in [6.45, 7) is 1.75. The fourth-order valence-corrected chi connectivity index (χ4v) is 4.40. The van der Waals surface area contributed by atoms with Crippen molar-refractivity contribution >= 4 is 7.37 Å². The van der Waals surface area contributed by atoms with Crippen LogP contribution in [0.1, 0.15) is 6.92 Å². The summed E-state index contributed by atoms with van der Waals surface area (Å²) in [5.74, 6) is -0.170. The zero-order chi connectivity index (χ0) is 11.8. The molecule has 0 unspecified atom stereocenters. The first-order chi connectivity index (χ1) is 7.37. The standard InChI is InChI=1S/C11H14FO3P/c1-9-6-7-16(12,14,8-9)15-11-5-3-2-4-10(11)13/h2-6,13-14H,7-8H2,1H3. The predicted octanol–water partition coefficient (Wildman–Crippen LogP) is 2.99. The quantitative estimate of drug-likeness (QED) is 0.621. The molecule has 0 atom stereocenters. The minimum atomic E-state index is -4.65. The summed E-state index contributed by atoms with van der Waals surface area (Å²) in [5, 5.41) is 9.47. The number of phenolic OH excluding ortho intramolecular Hbond substituents is 1. The molecule has 0 aliphatic carbocycles. The van der Waals surface area contributed by atoms with E-state index in [9.17, 15) is 14.2 Å². The van der Waals surface area contributed by atoms with Crippen LogP contribution >= 0.6 is 7.37 Å². The summed E-state index contributed by atoms with van der Waals surface area (Å²) in [6, 6.07) is 6.05. The van der Waals surface area contributed by atoms with E-state index >= 15 is 0 Å². The number of aromatic hydroxyl groups is 1. The van der Waals surface area contributed by atoms with E-state index in [0.717, 1.165) is 5.57 Å². The Kier molecular flexibility index (Phi) is 2.44. The van der Waals surface area contributed by atoms with Crippen molar-refractivity contribution in [1.82, 2.24) is 0 Å². The Hall–Kier alpha value is -1.12. The van der Waals surface area contributed by atoms with Crippen molar-refractivity contribution in [2.45, 2.75) is 6.92 Å². The van der Waals surface area contributed by atoms with E-state index in [2.05, 4.69) is 0 Å². The summed E-state index contributed by atoms with van der Waals surface area (Å²) in [6.07, 6.45) is 1.45. The second kappa shape index (κ2) is 3.44. The first-order valence-corrected chi connectivity index (χ1v) is 7.36. The van der Waals surface area contributed by atoms with Gasteiger partial charge in [-0.2, -0.15) is 0 Å². The Morgan fingerprint density at radius 1 is 1.38 bits per heavy atom. The molecule has 3 nitrogen and oxygen atoms in total. The molecule has 2 rings (SSSR count). The van der Waals surface area contributed by atoms with Crippen LogP contribution in [0.15, 0.2) is 35.9 Å². The molecule has 0 bridgehead atoms. The molecule has 1 heterocycles. The normalized spacial score (nSPS) is 24.2. The monoisotopic (exact) mass is 244 g/mol. The Balaban J connectivity index is 2.26. The first-order valence-electron chi connectivity index (χ1n) is 4.99. The van der Waals surface area contributed by atoms with E-state index in [-0.39, 0.29) is 23.8 Å². The summed E-state index contributed by atoms with van der Waals surface area (Å²) in [7, 11) is -4.65. The van der Waals surface area contributed by atoms with Crippen molar-refractivity contribution in [2.75, 3.05) is 12.3 Å². The molecule has 2 N–H and O–H groups in total. The number of hydrogen-bond donors (Lipinski definition) is 2. The minimum absolute atomic E-state index is 0.00623. The Morgan fingerprint density at radius 2 is 2.06 bits per heavy atom. The summed E-state index contributed by atoms with van der Waals surface area (Å²) < 4.78 is 19.5. The van der Waals surface area contributed by atoms with Crippen LogP contribution in [0.3, 0.4) is 0 Å². The van der Waals surface area contributed by atoms with E-state index < -0.39 is 7.37 Å². The van der Waals surface area contributed by atoms with Gasteiger partial charge in [0.2, 0.25) is 0 Å². The third-order valence-electron chi connectivity index (χ3n) is 2.52. The molecule has 1 aliphatic rings. The number of allylic oxidation sites excluding steroid dienone is 2. The number of halogens is 1. The molecule has 88 valence electrons. The zero-order valence-corrected chi connectivity index (χ0v) is 9.82. The fraction of sp³-hybridized carbons (Fsp3) is 0.273. The van der Waals surface area contributed by atoms with Crippen LogP contribution in [-0.4, -0.2) is 22.3 Å². The van der Waals surface area contributed by atoms with Gasteiger partial charge < -0.3 is 0 Å². The van der Waals surface area contributed by atoms with Gasteiger partial charge in [0.25, 0.3) is 0 Å². The molecule has 0 fully saturated rings. The Morgan fingerprint density at radius 3 is 2.62 bits per heavy atom. The van der Waals surface area contributed by atoms with Gasteiger partial charge in [0.05, 0.1) is 0 Å². The van der Waals surface area contributed by atoms with Crippen molar-refractivity contribution in [2.24, 2.45) is 0 Å². The molecule has 0 amide bonds. The molecule has 1 aromatic carbocycles. The summed E-state index contributed by atoms with van der Waals surface area (Å²) in [4.78, 5) is 9.98. The molecule has 0 radical (unpaired) electrons. The van der Waals surface area contributed by atoms with E-state index in [1.165, 1.54) is 12.1 Å². The molecular weight excluding hydrogens is 230 g/mol. The van der Waals surface area contributed by atoms with Crippen molar-refractivity contribution in [3.05, 3.63) is 35.9 Å². The van der Waals surface area contributed by atoms with Crippen LogP contribution in [-0.2, 0) is 0 Å². The predicted molar refractivity (Wildman–Crippen MR) is 62.5 cm³/mol. The maximum absolute atomic E-state index is 14.4. The second-order valence-corrected chi connectivity index (χ2v) is 7.50.